The monoisotopic (exact) mass is 398 g/mol. The molecule has 1 aliphatic heterocycles. The predicted octanol–water partition coefficient (Wildman–Crippen LogP) is 3.43. The van der Waals surface area contributed by atoms with Gasteiger partial charge in [-0.3, -0.25) is 9.80 Å². The lowest BCUT2D eigenvalue weighted by Crippen LogP contribution is -2.50. The maximum atomic E-state index is 5.53. The fourth-order valence-corrected chi connectivity index (χ4v) is 4.61. The van der Waals surface area contributed by atoms with Gasteiger partial charge in [-0.25, -0.2) is 4.98 Å². The van der Waals surface area contributed by atoms with E-state index in [1.54, 1.807) is 0 Å². The van der Waals surface area contributed by atoms with Crippen LogP contribution in [0.1, 0.15) is 51.8 Å². The molecule has 3 heterocycles. The molecule has 0 unspecified atom stereocenters. The van der Waals surface area contributed by atoms with Gasteiger partial charge in [0.2, 0.25) is 11.7 Å². The third kappa shape index (κ3) is 4.95. The molecule has 0 atom stereocenters. The summed E-state index contributed by atoms with van der Waals surface area (Å²) in [4.78, 5) is 16.5. The standard InChI is InChI=1S/C22H34N6O/c1-3-27(4-2)20-11-10-18(16-23-20)22-24-21(29-25-22)17-26-12-14-28(15-13-26)19-8-6-5-7-9-19/h10-11,16,19H,3-9,12-15,17H2,1-2H3. The Bertz CT molecular complexity index is 743. The lowest BCUT2D eigenvalue weighted by Gasteiger charge is -2.40. The van der Waals surface area contributed by atoms with E-state index in [9.17, 15) is 0 Å². The van der Waals surface area contributed by atoms with Crippen molar-refractivity contribution in [2.75, 3.05) is 44.2 Å². The molecule has 1 saturated heterocycles. The molecule has 2 fully saturated rings. The van der Waals surface area contributed by atoms with Gasteiger partial charge in [-0.2, -0.15) is 4.98 Å². The van der Waals surface area contributed by atoms with E-state index in [1.807, 2.05) is 18.3 Å². The molecule has 0 aromatic carbocycles. The van der Waals surface area contributed by atoms with Crippen LogP contribution in [-0.4, -0.2) is 70.2 Å². The van der Waals surface area contributed by atoms with E-state index in [-0.39, 0.29) is 0 Å². The normalized spacial score (nSPS) is 19.5. The number of hydrogen-bond acceptors (Lipinski definition) is 7. The van der Waals surface area contributed by atoms with Crippen LogP contribution in [0.25, 0.3) is 11.4 Å². The summed E-state index contributed by atoms with van der Waals surface area (Å²) >= 11 is 0. The molecule has 7 nitrogen and oxygen atoms in total. The van der Waals surface area contributed by atoms with Gasteiger partial charge in [0.15, 0.2) is 0 Å². The maximum absolute atomic E-state index is 5.53. The van der Waals surface area contributed by atoms with Crippen LogP contribution in [0.4, 0.5) is 5.82 Å². The molecular formula is C22H34N6O. The smallest absolute Gasteiger partial charge is 0.241 e. The van der Waals surface area contributed by atoms with Crippen molar-refractivity contribution < 1.29 is 4.52 Å². The second-order valence-electron chi connectivity index (χ2n) is 8.19. The highest BCUT2D eigenvalue weighted by atomic mass is 16.5. The number of nitrogens with zero attached hydrogens (tertiary/aromatic N) is 6. The number of hydrogen-bond donors (Lipinski definition) is 0. The van der Waals surface area contributed by atoms with Crippen LogP contribution in [0, 0.1) is 0 Å². The van der Waals surface area contributed by atoms with Gasteiger partial charge >= 0.3 is 0 Å². The van der Waals surface area contributed by atoms with Crippen molar-refractivity contribution >= 4 is 5.82 Å². The molecule has 0 radical (unpaired) electrons. The van der Waals surface area contributed by atoms with Crippen LogP contribution in [0.3, 0.4) is 0 Å². The zero-order valence-electron chi connectivity index (χ0n) is 17.9. The Labute approximate surface area is 174 Å². The summed E-state index contributed by atoms with van der Waals surface area (Å²) in [6.07, 6.45) is 8.83. The van der Waals surface area contributed by atoms with Crippen molar-refractivity contribution in [2.45, 2.75) is 58.5 Å². The van der Waals surface area contributed by atoms with E-state index in [1.165, 1.54) is 32.1 Å². The van der Waals surface area contributed by atoms with Crippen molar-refractivity contribution in [3.63, 3.8) is 0 Å². The highest BCUT2D eigenvalue weighted by Gasteiger charge is 2.25. The van der Waals surface area contributed by atoms with Gasteiger partial charge in [-0.1, -0.05) is 24.4 Å². The summed E-state index contributed by atoms with van der Waals surface area (Å²) in [7, 11) is 0. The average molecular weight is 399 g/mol. The number of rotatable bonds is 7. The molecule has 2 aliphatic rings. The average Bonchev–Trinajstić information content (AvgIpc) is 3.25. The molecule has 2 aromatic heterocycles. The fourth-order valence-electron chi connectivity index (χ4n) is 4.61. The van der Waals surface area contributed by atoms with E-state index in [0.29, 0.717) is 11.7 Å². The van der Waals surface area contributed by atoms with Gasteiger partial charge in [0, 0.05) is 57.1 Å². The van der Waals surface area contributed by atoms with E-state index in [0.717, 1.165) is 63.2 Å². The first-order valence-electron chi connectivity index (χ1n) is 11.3. The lowest BCUT2D eigenvalue weighted by molar-refractivity contribution is 0.0702. The Morgan fingerprint density at radius 3 is 2.45 bits per heavy atom. The molecule has 0 amide bonds. The Hall–Kier alpha value is -1.99. The first-order chi connectivity index (χ1) is 14.3. The molecule has 29 heavy (non-hydrogen) atoms. The minimum absolute atomic E-state index is 0.624. The van der Waals surface area contributed by atoms with Crippen molar-refractivity contribution in [3.8, 4) is 11.4 Å². The summed E-state index contributed by atoms with van der Waals surface area (Å²) in [5.41, 5.74) is 0.901. The summed E-state index contributed by atoms with van der Waals surface area (Å²) in [6, 6.07) is 4.87. The Morgan fingerprint density at radius 1 is 1.03 bits per heavy atom. The van der Waals surface area contributed by atoms with Gasteiger partial charge < -0.3 is 9.42 Å². The first kappa shape index (κ1) is 20.3. The molecular weight excluding hydrogens is 364 g/mol. The lowest BCUT2D eigenvalue weighted by atomic mass is 9.94. The Balaban J connectivity index is 1.30. The minimum atomic E-state index is 0.624. The number of anilines is 1. The summed E-state index contributed by atoms with van der Waals surface area (Å²) < 4.78 is 5.53. The van der Waals surface area contributed by atoms with Crippen LogP contribution < -0.4 is 4.90 Å². The highest BCUT2D eigenvalue weighted by Crippen LogP contribution is 2.24. The van der Waals surface area contributed by atoms with E-state index in [4.69, 9.17) is 4.52 Å². The van der Waals surface area contributed by atoms with Crippen LogP contribution in [0.2, 0.25) is 0 Å². The fraction of sp³-hybridized carbons (Fsp3) is 0.682. The topological polar surface area (TPSA) is 61.5 Å². The van der Waals surface area contributed by atoms with Crippen LogP contribution in [0.15, 0.2) is 22.9 Å². The maximum Gasteiger partial charge on any atom is 0.241 e. The summed E-state index contributed by atoms with van der Waals surface area (Å²) in [5.74, 6) is 2.30. The molecule has 4 rings (SSSR count). The molecule has 7 heteroatoms. The Morgan fingerprint density at radius 2 is 1.79 bits per heavy atom. The van der Waals surface area contributed by atoms with Gasteiger partial charge in [-0.05, 0) is 38.8 Å². The second kappa shape index (κ2) is 9.67. The van der Waals surface area contributed by atoms with Crippen molar-refractivity contribution in [3.05, 3.63) is 24.2 Å². The third-order valence-electron chi connectivity index (χ3n) is 6.42. The third-order valence-corrected chi connectivity index (χ3v) is 6.42. The minimum Gasteiger partial charge on any atom is -0.357 e. The van der Waals surface area contributed by atoms with Gasteiger partial charge in [-0.15, -0.1) is 0 Å². The van der Waals surface area contributed by atoms with Crippen LogP contribution in [0.5, 0.6) is 0 Å². The van der Waals surface area contributed by atoms with Crippen molar-refractivity contribution in [1.29, 1.82) is 0 Å². The highest BCUT2D eigenvalue weighted by molar-refractivity contribution is 5.55. The number of aromatic nitrogens is 3. The zero-order valence-corrected chi connectivity index (χ0v) is 17.9. The molecule has 0 spiro atoms. The van der Waals surface area contributed by atoms with E-state index < -0.39 is 0 Å². The number of piperazine rings is 1. The Kier molecular flexibility index (Phi) is 6.77. The van der Waals surface area contributed by atoms with Gasteiger partial charge in [0.25, 0.3) is 0 Å². The van der Waals surface area contributed by atoms with Crippen LogP contribution in [-0.2, 0) is 6.54 Å². The molecule has 0 bridgehead atoms. The van der Waals surface area contributed by atoms with Crippen LogP contribution >= 0.6 is 0 Å². The van der Waals surface area contributed by atoms with Crippen molar-refractivity contribution in [2.24, 2.45) is 0 Å². The van der Waals surface area contributed by atoms with E-state index in [2.05, 4.69) is 43.7 Å². The van der Waals surface area contributed by atoms with Gasteiger partial charge in [0.1, 0.15) is 5.82 Å². The van der Waals surface area contributed by atoms with Crippen molar-refractivity contribution in [1.82, 2.24) is 24.9 Å². The SMILES string of the molecule is CCN(CC)c1ccc(-c2noc(CN3CCN(C4CCCCC4)CC3)n2)cn1. The second-order valence-corrected chi connectivity index (χ2v) is 8.19. The zero-order chi connectivity index (χ0) is 20.1. The molecule has 0 N–H and O–H groups in total. The van der Waals surface area contributed by atoms with Gasteiger partial charge in [0.05, 0.1) is 6.54 Å². The quantitative estimate of drug-likeness (QED) is 0.708. The first-order valence-corrected chi connectivity index (χ1v) is 11.3. The van der Waals surface area contributed by atoms with E-state index >= 15 is 0 Å². The molecule has 1 aliphatic carbocycles. The number of pyridine rings is 1. The molecule has 158 valence electrons. The molecule has 1 saturated carbocycles. The summed E-state index contributed by atoms with van der Waals surface area (Å²) in [6.45, 7) is 11.4. The predicted molar refractivity (Wildman–Crippen MR) is 115 cm³/mol. The largest absolute Gasteiger partial charge is 0.357 e. The summed E-state index contributed by atoms with van der Waals surface area (Å²) in [5, 5.41) is 4.18. The molecule has 2 aromatic rings.